The standard InChI is InChI=1S/C14H22N4O3/c1-17-8-6-12(16-17)4-7-15-14(21)18-9-5-11(10-18)2-3-13(19)20/h6,8,11H,2-5,7,9-10H2,1H3,(H,15,21)(H,19,20). The predicted molar refractivity (Wildman–Crippen MR) is 76.9 cm³/mol. The molecule has 1 aromatic heterocycles. The number of aromatic nitrogens is 2. The number of carbonyl (C=O) groups excluding carboxylic acids is 1. The van der Waals surface area contributed by atoms with Crippen LogP contribution in [0.1, 0.15) is 25.0 Å². The van der Waals surface area contributed by atoms with Crippen molar-refractivity contribution in [1.82, 2.24) is 20.0 Å². The number of urea groups is 1. The second-order valence-electron chi connectivity index (χ2n) is 5.50. The molecule has 1 saturated heterocycles. The minimum atomic E-state index is -0.770. The van der Waals surface area contributed by atoms with Gasteiger partial charge in [-0.1, -0.05) is 0 Å². The van der Waals surface area contributed by atoms with Crippen molar-refractivity contribution in [2.75, 3.05) is 19.6 Å². The number of nitrogens with zero attached hydrogens (tertiary/aromatic N) is 3. The largest absolute Gasteiger partial charge is 0.481 e. The van der Waals surface area contributed by atoms with Crippen molar-refractivity contribution in [2.45, 2.75) is 25.7 Å². The molecule has 7 nitrogen and oxygen atoms in total. The lowest BCUT2D eigenvalue weighted by Gasteiger charge is -2.17. The molecule has 116 valence electrons. The van der Waals surface area contributed by atoms with Crippen molar-refractivity contribution in [3.63, 3.8) is 0 Å². The van der Waals surface area contributed by atoms with Crippen molar-refractivity contribution in [3.8, 4) is 0 Å². The molecule has 21 heavy (non-hydrogen) atoms. The van der Waals surface area contributed by atoms with Gasteiger partial charge in [0, 0.05) is 45.7 Å². The van der Waals surface area contributed by atoms with Gasteiger partial charge in [0.05, 0.1) is 5.69 Å². The highest BCUT2D eigenvalue weighted by atomic mass is 16.4. The number of aliphatic carboxylic acids is 1. The molecule has 1 aliphatic heterocycles. The number of likely N-dealkylation sites (tertiary alicyclic amines) is 1. The molecule has 0 spiro atoms. The number of carboxylic acid groups (broad SMARTS) is 1. The van der Waals surface area contributed by atoms with Crippen LogP contribution in [-0.4, -0.2) is 51.4 Å². The lowest BCUT2D eigenvalue weighted by atomic mass is 10.0. The van der Waals surface area contributed by atoms with Gasteiger partial charge in [-0.15, -0.1) is 0 Å². The van der Waals surface area contributed by atoms with Crippen molar-refractivity contribution in [3.05, 3.63) is 18.0 Å². The topological polar surface area (TPSA) is 87.5 Å². The number of carboxylic acids is 1. The molecule has 2 N–H and O–H groups in total. The molecule has 0 aliphatic carbocycles. The molecule has 2 heterocycles. The monoisotopic (exact) mass is 294 g/mol. The van der Waals surface area contributed by atoms with Crippen molar-refractivity contribution < 1.29 is 14.7 Å². The van der Waals surface area contributed by atoms with Gasteiger partial charge < -0.3 is 15.3 Å². The molecule has 0 bridgehead atoms. The summed E-state index contributed by atoms with van der Waals surface area (Å²) in [5.74, 6) is -0.462. The highest BCUT2D eigenvalue weighted by Crippen LogP contribution is 2.20. The Bertz CT molecular complexity index is 500. The summed E-state index contributed by atoms with van der Waals surface area (Å²) in [5, 5.41) is 15.8. The number of amides is 2. The maximum atomic E-state index is 12.0. The first-order valence-corrected chi connectivity index (χ1v) is 7.27. The zero-order chi connectivity index (χ0) is 15.2. The van der Waals surface area contributed by atoms with E-state index in [1.807, 2.05) is 19.3 Å². The number of rotatable bonds is 6. The minimum absolute atomic E-state index is 0.0660. The van der Waals surface area contributed by atoms with Gasteiger partial charge >= 0.3 is 12.0 Å². The SMILES string of the molecule is Cn1ccc(CCNC(=O)N2CCC(CCC(=O)O)C2)n1. The molecule has 2 amide bonds. The molecular formula is C14H22N4O3. The maximum Gasteiger partial charge on any atom is 0.317 e. The van der Waals surface area contributed by atoms with Crippen molar-refractivity contribution in [2.24, 2.45) is 13.0 Å². The fraction of sp³-hybridized carbons (Fsp3) is 0.643. The molecule has 2 rings (SSSR count). The van der Waals surface area contributed by atoms with E-state index < -0.39 is 5.97 Å². The molecule has 0 radical (unpaired) electrons. The molecular weight excluding hydrogens is 272 g/mol. The Labute approximate surface area is 123 Å². The predicted octanol–water partition coefficient (Wildman–Crippen LogP) is 0.859. The molecule has 0 saturated carbocycles. The van der Waals surface area contributed by atoms with Crippen molar-refractivity contribution in [1.29, 1.82) is 0 Å². The summed E-state index contributed by atoms with van der Waals surface area (Å²) in [6.45, 7) is 1.93. The third kappa shape index (κ3) is 4.77. The van der Waals surface area contributed by atoms with Crippen LogP contribution < -0.4 is 5.32 Å². The molecule has 7 heteroatoms. The van der Waals surface area contributed by atoms with Gasteiger partial charge in [-0.25, -0.2) is 4.79 Å². The lowest BCUT2D eigenvalue weighted by Crippen LogP contribution is -2.39. The summed E-state index contributed by atoms with van der Waals surface area (Å²) in [4.78, 5) is 24.3. The van der Waals surface area contributed by atoms with Crippen LogP contribution in [0.5, 0.6) is 0 Å². The normalized spacial score (nSPS) is 18.0. The summed E-state index contributed by atoms with van der Waals surface area (Å²) in [6, 6.07) is 1.87. The molecule has 1 aliphatic rings. The van der Waals surface area contributed by atoms with E-state index in [0.717, 1.165) is 12.1 Å². The molecule has 0 aromatic carbocycles. The summed E-state index contributed by atoms with van der Waals surface area (Å²) in [5.41, 5.74) is 0.957. The second-order valence-corrected chi connectivity index (χ2v) is 5.50. The average molecular weight is 294 g/mol. The van der Waals surface area contributed by atoms with Crippen LogP contribution >= 0.6 is 0 Å². The van der Waals surface area contributed by atoms with Gasteiger partial charge in [0.15, 0.2) is 0 Å². The van der Waals surface area contributed by atoms with Gasteiger partial charge in [0.1, 0.15) is 0 Å². The van der Waals surface area contributed by atoms with Crippen LogP contribution in [0.2, 0.25) is 0 Å². The zero-order valence-corrected chi connectivity index (χ0v) is 12.3. The maximum absolute atomic E-state index is 12.0. The average Bonchev–Trinajstić information content (AvgIpc) is 3.05. The first kappa shape index (κ1) is 15.3. The molecule has 1 aromatic rings. The fourth-order valence-electron chi connectivity index (χ4n) is 2.59. The van der Waals surface area contributed by atoms with E-state index in [0.29, 0.717) is 38.4 Å². The number of aryl methyl sites for hydroxylation is 1. The van der Waals surface area contributed by atoms with Gasteiger partial charge in [-0.05, 0) is 24.8 Å². The Balaban J connectivity index is 1.66. The van der Waals surface area contributed by atoms with Gasteiger partial charge in [-0.3, -0.25) is 9.48 Å². The van der Waals surface area contributed by atoms with E-state index in [4.69, 9.17) is 5.11 Å². The van der Waals surface area contributed by atoms with E-state index in [9.17, 15) is 9.59 Å². The highest BCUT2D eigenvalue weighted by molar-refractivity contribution is 5.74. The second kappa shape index (κ2) is 7.10. The number of nitrogens with one attached hydrogen (secondary N) is 1. The Hall–Kier alpha value is -2.05. The van der Waals surface area contributed by atoms with E-state index >= 15 is 0 Å². The fourth-order valence-corrected chi connectivity index (χ4v) is 2.59. The molecule has 1 fully saturated rings. The Kier molecular flexibility index (Phi) is 5.19. The van der Waals surface area contributed by atoms with E-state index in [1.165, 1.54) is 0 Å². The van der Waals surface area contributed by atoms with Gasteiger partial charge in [0.2, 0.25) is 0 Å². The molecule has 1 atom stereocenters. The number of carbonyl (C=O) groups is 2. The van der Waals surface area contributed by atoms with E-state index in [-0.39, 0.29) is 12.5 Å². The van der Waals surface area contributed by atoms with Gasteiger partial charge in [0.25, 0.3) is 0 Å². The van der Waals surface area contributed by atoms with E-state index in [1.54, 1.807) is 9.58 Å². The zero-order valence-electron chi connectivity index (χ0n) is 12.3. The first-order chi connectivity index (χ1) is 10.0. The minimum Gasteiger partial charge on any atom is -0.481 e. The van der Waals surface area contributed by atoms with Crippen LogP contribution in [0.15, 0.2) is 12.3 Å². The molecule has 1 unspecified atom stereocenters. The summed E-state index contributed by atoms with van der Waals surface area (Å²) in [6.07, 6.45) is 4.31. The quantitative estimate of drug-likeness (QED) is 0.814. The Morgan fingerprint density at radius 2 is 2.33 bits per heavy atom. The Morgan fingerprint density at radius 1 is 1.52 bits per heavy atom. The Morgan fingerprint density at radius 3 is 3.00 bits per heavy atom. The third-order valence-electron chi connectivity index (χ3n) is 3.77. The van der Waals surface area contributed by atoms with Crippen LogP contribution in [0.25, 0.3) is 0 Å². The third-order valence-corrected chi connectivity index (χ3v) is 3.77. The number of hydrogen-bond donors (Lipinski definition) is 2. The van der Waals surface area contributed by atoms with E-state index in [2.05, 4.69) is 10.4 Å². The van der Waals surface area contributed by atoms with Crippen LogP contribution in [0.3, 0.4) is 0 Å². The summed E-state index contributed by atoms with van der Waals surface area (Å²) >= 11 is 0. The number of hydrogen-bond acceptors (Lipinski definition) is 3. The summed E-state index contributed by atoms with van der Waals surface area (Å²) in [7, 11) is 1.86. The van der Waals surface area contributed by atoms with Crippen molar-refractivity contribution >= 4 is 12.0 Å². The smallest absolute Gasteiger partial charge is 0.317 e. The van der Waals surface area contributed by atoms with Crippen LogP contribution in [0, 0.1) is 5.92 Å². The first-order valence-electron chi connectivity index (χ1n) is 7.27. The van der Waals surface area contributed by atoms with Crippen LogP contribution in [-0.2, 0) is 18.3 Å². The summed E-state index contributed by atoms with van der Waals surface area (Å²) < 4.78 is 1.74. The highest BCUT2D eigenvalue weighted by Gasteiger charge is 2.26. The van der Waals surface area contributed by atoms with Crippen LogP contribution in [0.4, 0.5) is 4.79 Å². The van der Waals surface area contributed by atoms with Gasteiger partial charge in [-0.2, -0.15) is 5.10 Å². The lowest BCUT2D eigenvalue weighted by molar-refractivity contribution is -0.137.